The van der Waals surface area contributed by atoms with Gasteiger partial charge in [-0.2, -0.15) is 0 Å². The molecular formula is C14H27NO. The SMILES string of the molecule is CCCC/C=C\CCCCCCCC(N)=O. The third-order valence-electron chi connectivity index (χ3n) is 2.68. The molecule has 0 spiro atoms. The summed E-state index contributed by atoms with van der Waals surface area (Å²) in [6, 6.07) is 0. The highest BCUT2D eigenvalue weighted by molar-refractivity contribution is 5.73. The molecule has 1 amide bonds. The molecule has 0 aliphatic carbocycles. The lowest BCUT2D eigenvalue weighted by Crippen LogP contribution is -2.09. The molecule has 2 heteroatoms. The van der Waals surface area contributed by atoms with E-state index in [2.05, 4.69) is 19.1 Å². The van der Waals surface area contributed by atoms with E-state index < -0.39 is 0 Å². The second-order valence-corrected chi connectivity index (χ2v) is 4.39. The molecule has 16 heavy (non-hydrogen) atoms. The Labute approximate surface area is 100 Å². The minimum atomic E-state index is -0.168. The van der Waals surface area contributed by atoms with Gasteiger partial charge in [-0.25, -0.2) is 0 Å². The standard InChI is InChI=1S/C14H27NO/c1-2-3-4-5-6-7-8-9-10-11-12-13-14(15)16/h5-6H,2-4,7-13H2,1H3,(H2,15,16)/b6-5-. The van der Waals surface area contributed by atoms with Crippen LogP contribution in [0.3, 0.4) is 0 Å². The van der Waals surface area contributed by atoms with Crippen LogP contribution >= 0.6 is 0 Å². The lowest BCUT2D eigenvalue weighted by atomic mass is 10.1. The molecule has 0 heterocycles. The number of hydrogen-bond donors (Lipinski definition) is 1. The van der Waals surface area contributed by atoms with Crippen molar-refractivity contribution in [2.75, 3.05) is 0 Å². The number of amides is 1. The summed E-state index contributed by atoms with van der Waals surface area (Å²) in [5.41, 5.74) is 5.06. The van der Waals surface area contributed by atoms with E-state index in [1.807, 2.05) is 0 Å². The van der Waals surface area contributed by atoms with Gasteiger partial charge in [0.05, 0.1) is 0 Å². The average Bonchev–Trinajstić information content (AvgIpc) is 2.25. The molecule has 0 aromatic carbocycles. The fourth-order valence-electron chi connectivity index (χ4n) is 1.65. The van der Waals surface area contributed by atoms with Gasteiger partial charge in [-0.15, -0.1) is 0 Å². The number of nitrogens with two attached hydrogens (primary N) is 1. The first kappa shape index (κ1) is 15.2. The van der Waals surface area contributed by atoms with Crippen LogP contribution in [0.5, 0.6) is 0 Å². The van der Waals surface area contributed by atoms with Crippen molar-refractivity contribution in [1.29, 1.82) is 0 Å². The molecule has 2 nitrogen and oxygen atoms in total. The molecule has 0 aromatic rings. The van der Waals surface area contributed by atoms with E-state index in [0.29, 0.717) is 6.42 Å². The Morgan fingerprint density at radius 3 is 2.12 bits per heavy atom. The van der Waals surface area contributed by atoms with Gasteiger partial charge in [0.15, 0.2) is 0 Å². The maximum absolute atomic E-state index is 10.5. The Balaban J connectivity index is 3.03. The van der Waals surface area contributed by atoms with Gasteiger partial charge in [0, 0.05) is 6.42 Å². The quantitative estimate of drug-likeness (QED) is 0.420. The second-order valence-electron chi connectivity index (χ2n) is 4.39. The zero-order valence-electron chi connectivity index (χ0n) is 10.7. The van der Waals surface area contributed by atoms with Crippen molar-refractivity contribution < 1.29 is 4.79 Å². The second kappa shape index (κ2) is 12.3. The third-order valence-corrected chi connectivity index (χ3v) is 2.68. The number of rotatable bonds is 11. The van der Waals surface area contributed by atoms with Gasteiger partial charge in [-0.3, -0.25) is 4.79 Å². The maximum atomic E-state index is 10.5. The minimum Gasteiger partial charge on any atom is -0.370 e. The van der Waals surface area contributed by atoms with Crippen LogP contribution in [0, 0.1) is 0 Å². The summed E-state index contributed by atoms with van der Waals surface area (Å²) < 4.78 is 0. The van der Waals surface area contributed by atoms with Crippen LogP contribution in [-0.4, -0.2) is 5.91 Å². The Bertz CT molecular complexity index is 187. The predicted molar refractivity (Wildman–Crippen MR) is 70.2 cm³/mol. The van der Waals surface area contributed by atoms with E-state index >= 15 is 0 Å². The topological polar surface area (TPSA) is 43.1 Å². The Morgan fingerprint density at radius 1 is 0.938 bits per heavy atom. The summed E-state index contributed by atoms with van der Waals surface area (Å²) in [7, 11) is 0. The van der Waals surface area contributed by atoms with E-state index in [9.17, 15) is 4.79 Å². The van der Waals surface area contributed by atoms with Crippen LogP contribution < -0.4 is 5.73 Å². The summed E-state index contributed by atoms with van der Waals surface area (Å²) in [6.07, 6.45) is 16.1. The first-order valence-electron chi connectivity index (χ1n) is 6.70. The number of allylic oxidation sites excluding steroid dienone is 2. The fourth-order valence-corrected chi connectivity index (χ4v) is 1.65. The normalized spacial score (nSPS) is 11.1. The molecule has 0 saturated carbocycles. The zero-order valence-corrected chi connectivity index (χ0v) is 10.7. The van der Waals surface area contributed by atoms with E-state index in [4.69, 9.17) is 5.73 Å². The molecule has 0 fully saturated rings. The van der Waals surface area contributed by atoms with Gasteiger partial charge < -0.3 is 5.73 Å². The molecule has 94 valence electrons. The van der Waals surface area contributed by atoms with E-state index in [-0.39, 0.29) is 5.91 Å². The predicted octanol–water partition coefficient (Wildman–Crippen LogP) is 3.95. The zero-order chi connectivity index (χ0) is 12.1. The van der Waals surface area contributed by atoms with Crippen LogP contribution in [-0.2, 0) is 4.79 Å². The number of carbonyl (C=O) groups is 1. The Morgan fingerprint density at radius 2 is 1.50 bits per heavy atom. The number of hydrogen-bond acceptors (Lipinski definition) is 1. The summed E-state index contributed by atoms with van der Waals surface area (Å²) in [4.78, 5) is 10.5. The molecule has 2 N–H and O–H groups in total. The molecule has 0 atom stereocenters. The van der Waals surface area contributed by atoms with Crippen molar-refractivity contribution >= 4 is 5.91 Å². The molecule has 0 unspecified atom stereocenters. The Kier molecular flexibility index (Phi) is 11.7. The highest BCUT2D eigenvalue weighted by atomic mass is 16.1. The van der Waals surface area contributed by atoms with Crippen molar-refractivity contribution in [3.8, 4) is 0 Å². The minimum absolute atomic E-state index is 0.168. The van der Waals surface area contributed by atoms with E-state index in [0.717, 1.165) is 12.8 Å². The van der Waals surface area contributed by atoms with Crippen molar-refractivity contribution in [1.82, 2.24) is 0 Å². The maximum Gasteiger partial charge on any atom is 0.217 e. The summed E-state index contributed by atoms with van der Waals surface area (Å²) in [5.74, 6) is -0.168. The molecule has 0 bridgehead atoms. The van der Waals surface area contributed by atoms with Crippen molar-refractivity contribution in [2.45, 2.75) is 71.1 Å². The van der Waals surface area contributed by atoms with Gasteiger partial charge >= 0.3 is 0 Å². The number of primary amides is 1. The number of carbonyl (C=O) groups excluding carboxylic acids is 1. The highest BCUT2D eigenvalue weighted by Crippen LogP contribution is 2.07. The van der Waals surface area contributed by atoms with Gasteiger partial charge in [0.25, 0.3) is 0 Å². The van der Waals surface area contributed by atoms with Crippen LogP contribution in [0.1, 0.15) is 71.1 Å². The van der Waals surface area contributed by atoms with Crippen LogP contribution in [0.15, 0.2) is 12.2 Å². The van der Waals surface area contributed by atoms with Crippen LogP contribution in [0.25, 0.3) is 0 Å². The van der Waals surface area contributed by atoms with Crippen LogP contribution in [0.2, 0.25) is 0 Å². The highest BCUT2D eigenvalue weighted by Gasteiger charge is 1.94. The first-order chi connectivity index (χ1) is 7.77. The smallest absolute Gasteiger partial charge is 0.217 e. The summed E-state index contributed by atoms with van der Waals surface area (Å²) in [6.45, 7) is 2.22. The molecule has 0 aliphatic rings. The van der Waals surface area contributed by atoms with E-state index in [1.54, 1.807) is 0 Å². The average molecular weight is 225 g/mol. The largest absolute Gasteiger partial charge is 0.370 e. The lowest BCUT2D eigenvalue weighted by Gasteiger charge is -1.98. The number of unbranched alkanes of at least 4 members (excludes halogenated alkanes) is 7. The van der Waals surface area contributed by atoms with Gasteiger partial charge in [0.2, 0.25) is 5.91 Å². The first-order valence-corrected chi connectivity index (χ1v) is 6.70. The van der Waals surface area contributed by atoms with Gasteiger partial charge in [-0.1, -0.05) is 51.2 Å². The molecule has 0 aliphatic heterocycles. The van der Waals surface area contributed by atoms with Crippen LogP contribution in [0.4, 0.5) is 0 Å². The van der Waals surface area contributed by atoms with Gasteiger partial charge in [0.1, 0.15) is 0 Å². The molecule has 0 saturated heterocycles. The van der Waals surface area contributed by atoms with E-state index in [1.165, 1.54) is 44.9 Å². The molecule has 0 aromatic heterocycles. The molecular weight excluding hydrogens is 198 g/mol. The summed E-state index contributed by atoms with van der Waals surface area (Å²) >= 11 is 0. The van der Waals surface area contributed by atoms with Crippen molar-refractivity contribution in [3.05, 3.63) is 12.2 Å². The summed E-state index contributed by atoms with van der Waals surface area (Å²) in [5, 5.41) is 0. The molecule has 0 rings (SSSR count). The third kappa shape index (κ3) is 13.2. The van der Waals surface area contributed by atoms with Crippen molar-refractivity contribution in [2.24, 2.45) is 5.73 Å². The Hall–Kier alpha value is -0.790. The fraction of sp³-hybridized carbons (Fsp3) is 0.786. The van der Waals surface area contributed by atoms with Gasteiger partial charge in [-0.05, 0) is 25.7 Å². The lowest BCUT2D eigenvalue weighted by molar-refractivity contribution is -0.118. The molecule has 0 radical (unpaired) electrons. The van der Waals surface area contributed by atoms with Crippen molar-refractivity contribution in [3.63, 3.8) is 0 Å². The monoisotopic (exact) mass is 225 g/mol.